The summed E-state index contributed by atoms with van der Waals surface area (Å²) in [5, 5.41) is 15.2. The summed E-state index contributed by atoms with van der Waals surface area (Å²) in [6.45, 7) is 0. The number of nitrogens with zero attached hydrogens (tertiary/aromatic N) is 3. The molecule has 0 fully saturated rings. The van der Waals surface area contributed by atoms with Gasteiger partial charge in [0.25, 0.3) is 5.69 Å². The van der Waals surface area contributed by atoms with Gasteiger partial charge < -0.3 is 0 Å². The predicted molar refractivity (Wildman–Crippen MR) is 88.7 cm³/mol. The Morgan fingerprint density at radius 2 is 1.96 bits per heavy atom. The molecule has 3 aromatic rings. The van der Waals surface area contributed by atoms with Crippen molar-refractivity contribution in [3.8, 4) is 16.9 Å². The number of hydrogen-bond acceptors (Lipinski definition) is 4. The number of rotatable bonds is 4. The van der Waals surface area contributed by atoms with Crippen LogP contribution in [0.5, 0.6) is 0 Å². The zero-order valence-corrected chi connectivity index (χ0v) is 13.6. The van der Waals surface area contributed by atoms with Crippen molar-refractivity contribution >= 4 is 27.9 Å². The van der Waals surface area contributed by atoms with Gasteiger partial charge in [-0.05, 0) is 34.1 Å². The van der Waals surface area contributed by atoms with Gasteiger partial charge in [0.05, 0.1) is 16.2 Å². The molecule has 0 radical (unpaired) electrons. The monoisotopic (exact) mass is 389 g/mol. The van der Waals surface area contributed by atoms with Crippen LogP contribution in [-0.4, -0.2) is 21.0 Å². The van der Waals surface area contributed by atoms with Crippen molar-refractivity contribution in [3.63, 3.8) is 0 Å². The first-order chi connectivity index (χ1) is 11.5. The fourth-order valence-corrected chi connectivity index (χ4v) is 2.84. The molecule has 0 bridgehead atoms. The van der Waals surface area contributed by atoms with E-state index < -0.39 is 10.7 Å². The minimum absolute atomic E-state index is 0.102. The Morgan fingerprint density at radius 1 is 1.21 bits per heavy atom. The third-order valence-electron chi connectivity index (χ3n) is 3.36. The second-order valence-corrected chi connectivity index (χ2v) is 5.62. The van der Waals surface area contributed by atoms with Gasteiger partial charge in [-0.25, -0.2) is 9.07 Å². The highest BCUT2D eigenvalue weighted by molar-refractivity contribution is 9.10. The van der Waals surface area contributed by atoms with Crippen LogP contribution in [0, 0.1) is 15.9 Å². The smallest absolute Gasteiger partial charge is 0.271 e. The molecule has 0 unspecified atom stereocenters. The molecule has 0 amide bonds. The first-order valence-corrected chi connectivity index (χ1v) is 7.55. The molecular formula is C16H9BrFN3O3. The van der Waals surface area contributed by atoms with Crippen LogP contribution >= 0.6 is 15.9 Å². The predicted octanol–water partition coefficient (Wildman–Crippen LogP) is 4.16. The van der Waals surface area contributed by atoms with Crippen LogP contribution in [0.15, 0.2) is 53.1 Å². The van der Waals surface area contributed by atoms with E-state index in [0.29, 0.717) is 22.1 Å². The summed E-state index contributed by atoms with van der Waals surface area (Å²) in [4.78, 5) is 21.8. The van der Waals surface area contributed by atoms with Crippen molar-refractivity contribution in [2.75, 3.05) is 0 Å². The number of carbonyl (C=O) groups excluding carboxylic acids is 1. The summed E-state index contributed by atoms with van der Waals surface area (Å²) in [6.07, 6.45) is 0.602. The standard InChI is InChI=1S/C16H9BrFN3O3/c17-16-14(9-22)15(10-3-1-4-11(18)7-10)19-20(16)12-5-2-6-13(8-12)21(23)24/h1-9H. The number of aromatic nitrogens is 2. The molecule has 0 aliphatic heterocycles. The van der Waals surface area contributed by atoms with Crippen molar-refractivity contribution in [3.05, 3.63) is 74.6 Å². The highest BCUT2D eigenvalue weighted by atomic mass is 79.9. The van der Waals surface area contributed by atoms with Crippen molar-refractivity contribution < 1.29 is 14.1 Å². The topological polar surface area (TPSA) is 78.0 Å². The molecule has 0 spiro atoms. The lowest BCUT2D eigenvalue weighted by molar-refractivity contribution is -0.384. The van der Waals surface area contributed by atoms with E-state index in [1.165, 1.54) is 41.1 Å². The molecule has 0 N–H and O–H groups in total. The van der Waals surface area contributed by atoms with Gasteiger partial charge in [0, 0.05) is 17.7 Å². The maximum atomic E-state index is 13.5. The molecule has 1 aromatic heterocycles. The molecule has 24 heavy (non-hydrogen) atoms. The molecule has 0 saturated heterocycles. The SMILES string of the molecule is O=Cc1c(-c2cccc(F)c2)nn(-c2cccc([N+](=O)[O-])c2)c1Br. The quantitative estimate of drug-likeness (QED) is 0.381. The van der Waals surface area contributed by atoms with Gasteiger partial charge in [-0.15, -0.1) is 0 Å². The van der Waals surface area contributed by atoms with Crippen molar-refractivity contribution in [2.24, 2.45) is 0 Å². The Balaban J connectivity index is 2.19. The number of halogens is 2. The van der Waals surface area contributed by atoms with Gasteiger partial charge >= 0.3 is 0 Å². The Labute approximate surface area is 143 Å². The number of benzene rings is 2. The molecule has 120 valence electrons. The summed E-state index contributed by atoms with van der Waals surface area (Å²) in [5.74, 6) is -0.453. The Morgan fingerprint density at radius 3 is 2.62 bits per heavy atom. The number of nitro groups is 1. The molecular weight excluding hydrogens is 381 g/mol. The van der Waals surface area contributed by atoms with Gasteiger partial charge in [0.15, 0.2) is 6.29 Å². The fourth-order valence-electron chi connectivity index (χ4n) is 2.27. The van der Waals surface area contributed by atoms with Crippen LogP contribution in [0.25, 0.3) is 16.9 Å². The van der Waals surface area contributed by atoms with Gasteiger partial charge in [0.1, 0.15) is 16.1 Å². The summed E-state index contributed by atoms with van der Waals surface area (Å²) < 4.78 is 15.1. The molecule has 0 atom stereocenters. The summed E-state index contributed by atoms with van der Waals surface area (Å²) in [6, 6.07) is 11.5. The van der Waals surface area contributed by atoms with Crippen molar-refractivity contribution in [1.82, 2.24) is 9.78 Å². The molecule has 0 aliphatic carbocycles. The van der Waals surface area contributed by atoms with E-state index in [0.717, 1.165) is 0 Å². The summed E-state index contributed by atoms with van der Waals surface area (Å²) in [5.41, 5.74) is 1.24. The minimum atomic E-state index is -0.519. The lowest BCUT2D eigenvalue weighted by Gasteiger charge is -2.03. The Kier molecular flexibility index (Phi) is 4.22. The lowest BCUT2D eigenvalue weighted by atomic mass is 10.1. The summed E-state index contributed by atoms with van der Waals surface area (Å²) >= 11 is 3.28. The third kappa shape index (κ3) is 2.83. The number of nitro benzene ring substituents is 1. The zero-order chi connectivity index (χ0) is 17.3. The van der Waals surface area contributed by atoms with E-state index >= 15 is 0 Å². The maximum absolute atomic E-state index is 13.5. The van der Waals surface area contributed by atoms with Crippen molar-refractivity contribution in [1.29, 1.82) is 0 Å². The van der Waals surface area contributed by atoms with Crippen LogP contribution < -0.4 is 0 Å². The van der Waals surface area contributed by atoms with Gasteiger partial charge in [-0.3, -0.25) is 14.9 Å². The lowest BCUT2D eigenvalue weighted by Crippen LogP contribution is -1.98. The van der Waals surface area contributed by atoms with E-state index in [4.69, 9.17) is 0 Å². The molecule has 8 heteroatoms. The molecule has 1 heterocycles. The second kappa shape index (κ2) is 6.32. The fraction of sp³-hybridized carbons (Fsp3) is 0. The molecule has 0 saturated carbocycles. The third-order valence-corrected chi connectivity index (χ3v) is 4.13. The maximum Gasteiger partial charge on any atom is 0.271 e. The van der Waals surface area contributed by atoms with Gasteiger partial charge in [-0.2, -0.15) is 5.10 Å². The molecule has 0 aliphatic rings. The first-order valence-electron chi connectivity index (χ1n) is 6.75. The number of non-ortho nitro benzene ring substituents is 1. The van der Waals surface area contributed by atoms with Crippen LogP contribution in [0.2, 0.25) is 0 Å². The minimum Gasteiger partial charge on any atom is -0.298 e. The molecule has 2 aromatic carbocycles. The van der Waals surface area contributed by atoms with E-state index in [-0.39, 0.29) is 16.9 Å². The second-order valence-electron chi connectivity index (χ2n) is 4.87. The van der Waals surface area contributed by atoms with E-state index in [1.54, 1.807) is 12.1 Å². The van der Waals surface area contributed by atoms with Crippen LogP contribution in [-0.2, 0) is 0 Å². The highest BCUT2D eigenvalue weighted by Crippen LogP contribution is 2.31. The van der Waals surface area contributed by atoms with E-state index in [1.807, 2.05) is 0 Å². The molecule has 6 nitrogen and oxygen atoms in total. The van der Waals surface area contributed by atoms with Crippen LogP contribution in [0.4, 0.5) is 10.1 Å². The number of carbonyl (C=O) groups is 1. The number of hydrogen-bond donors (Lipinski definition) is 0. The van der Waals surface area contributed by atoms with E-state index in [2.05, 4.69) is 21.0 Å². The average molecular weight is 390 g/mol. The summed E-state index contributed by atoms with van der Waals surface area (Å²) in [7, 11) is 0. The van der Waals surface area contributed by atoms with Crippen LogP contribution in [0.1, 0.15) is 10.4 Å². The Bertz CT molecular complexity index is 955. The van der Waals surface area contributed by atoms with Gasteiger partial charge in [-0.1, -0.05) is 18.2 Å². The largest absolute Gasteiger partial charge is 0.298 e. The van der Waals surface area contributed by atoms with E-state index in [9.17, 15) is 19.3 Å². The van der Waals surface area contributed by atoms with Crippen molar-refractivity contribution in [2.45, 2.75) is 0 Å². The van der Waals surface area contributed by atoms with Gasteiger partial charge in [0.2, 0.25) is 0 Å². The highest BCUT2D eigenvalue weighted by Gasteiger charge is 2.19. The normalized spacial score (nSPS) is 10.6. The molecule has 3 rings (SSSR count). The first kappa shape index (κ1) is 16.0. The zero-order valence-electron chi connectivity index (χ0n) is 12.0. The number of aldehydes is 1. The van der Waals surface area contributed by atoms with Crippen LogP contribution in [0.3, 0.4) is 0 Å². The average Bonchev–Trinajstić information content (AvgIpc) is 2.91. The Hall–Kier alpha value is -2.87.